The second-order valence-electron chi connectivity index (χ2n) is 10.7. The van der Waals surface area contributed by atoms with Crippen LogP contribution >= 0.6 is 0 Å². The average molecular weight is 685 g/mol. The number of halogens is 9. The first-order chi connectivity index (χ1) is 19.9. The van der Waals surface area contributed by atoms with Crippen molar-refractivity contribution in [2.75, 3.05) is 0 Å². The summed E-state index contributed by atoms with van der Waals surface area (Å²) in [5.41, 5.74) is 0. The van der Waals surface area contributed by atoms with Gasteiger partial charge in [-0.2, -0.15) is 47.9 Å². The van der Waals surface area contributed by atoms with E-state index < -0.39 is 47.1 Å². The topological polar surface area (TPSA) is 34.1 Å². The second kappa shape index (κ2) is 34.3. The van der Waals surface area contributed by atoms with E-state index in [9.17, 15) is 39.5 Å². The van der Waals surface area contributed by atoms with Crippen LogP contribution in [0.25, 0.3) is 0 Å². The van der Waals surface area contributed by atoms with Gasteiger partial charge in [0.05, 0.1) is 11.2 Å². The Morgan fingerprint density at radius 1 is 0.372 bits per heavy atom. The first-order valence-electron chi connectivity index (χ1n) is 15.9. The third kappa shape index (κ3) is 74.4. The summed E-state index contributed by atoms with van der Waals surface area (Å²) in [6, 6.07) is 0. The van der Waals surface area contributed by atoms with Gasteiger partial charge in [0.15, 0.2) is 0 Å². The van der Waals surface area contributed by atoms with Crippen LogP contribution in [0.1, 0.15) is 175 Å². The van der Waals surface area contributed by atoms with Crippen molar-refractivity contribution in [3.8, 4) is 0 Å². The fraction of sp³-hybridized carbons (Fsp3) is 1.00. The number of rotatable bonds is 21. The smallest absolute Gasteiger partial charge is 0.172 e. The molecular formula is C30H57F9O2S2. The number of alkyl halides is 9. The van der Waals surface area contributed by atoms with Crippen molar-refractivity contribution in [1.29, 1.82) is 0 Å². The molecule has 0 saturated carbocycles. The van der Waals surface area contributed by atoms with Gasteiger partial charge in [0, 0.05) is 19.3 Å². The van der Waals surface area contributed by atoms with Crippen LogP contribution in [-0.2, 0) is 20.5 Å². The van der Waals surface area contributed by atoms with Gasteiger partial charge in [0.25, 0.3) is 9.26 Å². The highest BCUT2D eigenvalue weighted by Crippen LogP contribution is 2.24. The Labute approximate surface area is 261 Å². The molecule has 0 aromatic rings. The number of unbranched alkanes of at least 4 members (excludes halogenated alkanes) is 18. The SMILES string of the molecule is CCCCCCCCCC(F)(F)F.CCCCCCCCCC(F)(F)F.CCCCCCCCCC(F)(F)F.O=S(=O)=S. The zero-order chi connectivity index (χ0) is 34.0. The van der Waals surface area contributed by atoms with Crippen LogP contribution in [0.15, 0.2) is 0 Å². The Morgan fingerprint density at radius 3 is 0.651 bits per heavy atom. The zero-order valence-corrected chi connectivity index (χ0v) is 28.1. The van der Waals surface area contributed by atoms with Crippen molar-refractivity contribution in [3.63, 3.8) is 0 Å². The van der Waals surface area contributed by atoms with E-state index in [1.165, 1.54) is 57.8 Å². The molecule has 0 radical (unpaired) electrons. The molecule has 0 aromatic carbocycles. The molecule has 0 aliphatic heterocycles. The highest BCUT2D eigenvalue weighted by atomic mass is 32.8. The van der Waals surface area contributed by atoms with E-state index in [-0.39, 0.29) is 0 Å². The molecule has 0 aliphatic rings. The minimum Gasteiger partial charge on any atom is -0.172 e. The fourth-order valence-corrected chi connectivity index (χ4v) is 3.85. The van der Waals surface area contributed by atoms with Gasteiger partial charge in [0.2, 0.25) is 0 Å². The standard InChI is InChI=1S/3C10H19F3.O2S2/c3*1-2-3-4-5-6-7-8-9-10(11,12)13;1-4(2)3/h3*2-9H2,1H3;. The molecule has 0 rings (SSSR count). The molecular weight excluding hydrogens is 627 g/mol. The van der Waals surface area contributed by atoms with Crippen LogP contribution in [-0.4, -0.2) is 26.9 Å². The molecule has 0 atom stereocenters. The van der Waals surface area contributed by atoms with E-state index in [1.54, 1.807) is 0 Å². The third-order valence-corrected chi connectivity index (χ3v) is 6.19. The normalized spacial score (nSPS) is 11.4. The predicted molar refractivity (Wildman–Crippen MR) is 162 cm³/mol. The molecule has 0 heterocycles. The van der Waals surface area contributed by atoms with Crippen molar-refractivity contribution >= 4 is 20.5 Å². The molecule has 264 valence electrons. The monoisotopic (exact) mass is 684 g/mol. The van der Waals surface area contributed by atoms with Gasteiger partial charge < -0.3 is 0 Å². The van der Waals surface area contributed by atoms with Crippen LogP contribution in [0.4, 0.5) is 39.5 Å². The minimum atomic E-state index is -3.95. The Bertz CT molecular complexity index is 576. The molecule has 13 heteroatoms. The largest absolute Gasteiger partial charge is 0.389 e. The lowest BCUT2D eigenvalue weighted by molar-refractivity contribution is -0.136. The van der Waals surface area contributed by atoms with Crippen molar-refractivity contribution in [2.45, 2.75) is 193 Å². The van der Waals surface area contributed by atoms with E-state index in [0.717, 1.165) is 57.8 Å². The first-order valence-corrected chi connectivity index (χ1v) is 17.9. The molecule has 0 amide bonds. The maximum Gasteiger partial charge on any atom is 0.389 e. The van der Waals surface area contributed by atoms with E-state index in [2.05, 4.69) is 32.0 Å². The highest BCUT2D eigenvalue weighted by Gasteiger charge is 2.26. The molecule has 0 aliphatic carbocycles. The summed E-state index contributed by atoms with van der Waals surface area (Å²) in [4.78, 5) is 0. The fourth-order valence-electron chi connectivity index (χ4n) is 3.85. The molecule has 0 fully saturated rings. The third-order valence-electron chi connectivity index (χ3n) is 6.19. The van der Waals surface area contributed by atoms with Crippen molar-refractivity contribution in [1.82, 2.24) is 0 Å². The van der Waals surface area contributed by atoms with Gasteiger partial charge in [-0.25, -0.2) is 0 Å². The summed E-state index contributed by atoms with van der Waals surface area (Å²) in [7, 11) is -2.28. The molecule has 0 bridgehead atoms. The molecule has 2 nitrogen and oxygen atoms in total. The first kappa shape index (κ1) is 49.3. The molecule has 0 unspecified atom stereocenters. The lowest BCUT2D eigenvalue weighted by Crippen LogP contribution is -2.06. The van der Waals surface area contributed by atoms with Crippen LogP contribution < -0.4 is 0 Å². The van der Waals surface area contributed by atoms with Crippen LogP contribution in [0.3, 0.4) is 0 Å². The maximum atomic E-state index is 11.7. The van der Waals surface area contributed by atoms with E-state index in [0.29, 0.717) is 19.3 Å². The van der Waals surface area contributed by atoms with Crippen LogP contribution in [0.5, 0.6) is 0 Å². The molecule has 43 heavy (non-hydrogen) atoms. The van der Waals surface area contributed by atoms with Crippen molar-refractivity contribution in [3.05, 3.63) is 0 Å². The molecule has 0 saturated heterocycles. The summed E-state index contributed by atoms with van der Waals surface area (Å²) in [6.07, 6.45) is 6.19. The summed E-state index contributed by atoms with van der Waals surface area (Å²) < 4.78 is 123. The Kier molecular flexibility index (Phi) is 39.3. The summed E-state index contributed by atoms with van der Waals surface area (Å²) in [6.45, 7) is 6.39. The maximum absolute atomic E-state index is 11.7. The Morgan fingerprint density at radius 2 is 0.512 bits per heavy atom. The quantitative estimate of drug-likeness (QED) is 0.0891. The Balaban J connectivity index is -0.000000249. The van der Waals surface area contributed by atoms with E-state index in [1.807, 2.05) is 0 Å². The minimum absolute atomic E-state index is 0.301. The second-order valence-corrected chi connectivity index (χ2v) is 11.9. The van der Waals surface area contributed by atoms with Crippen molar-refractivity contribution in [2.24, 2.45) is 0 Å². The highest BCUT2D eigenvalue weighted by molar-refractivity contribution is 8.14. The molecule has 0 aromatic heterocycles. The van der Waals surface area contributed by atoms with Crippen molar-refractivity contribution < 1.29 is 47.9 Å². The van der Waals surface area contributed by atoms with Gasteiger partial charge in [-0.3, -0.25) is 0 Å². The van der Waals surface area contributed by atoms with E-state index in [4.69, 9.17) is 8.42 Å². The lowest BCUT2D eigenvalue weighted by atomic mass is 10.1. The van der Waals surface area contributed by atoms with Crippen LogP contribution in [0.2, 0.25) is 0 Å². The number of hydrogen-bond donors (Lipinski definition) is 0. The predicted octanol–water partition coefficient (Wildman–Crippen LogP) is 13.4. The molecule has 0 N–H and O–H groups in total. The molecule has 0 spiro atoms. The lowest BCUT2D eigenvalue weighted by Gasteiger charge is -2.05. The summed E-state index contributed by atoms with van der Waals surface area (Å²) in [5.74, 6) is 0. The average Bonchev–Trinajstić information content (AvgIpc) is 2.86. The van der Waals surface area contributed by atoms with E-state index >= 15 is 0 Å². The Hall–Kier alpha value is -0.590. The van der Waals surface area contributed by atoms with Gasteiger partial charge >= 0.3 is 18.5 Å². The zero-order valence-electron chi connectivity index (χ0n) is 26.5. The summed E-state index contributed by atoms with van der Waals surface area (Å²) in [5, 5.41) is 0. The van der Waals surface area contributed by atoms with Gasteiger partial charge in [-0.15, -0.1) is 0 Å². The van der Waals surface area contributed by atoms with Gasteiger partial charge in [-0.1, -0.05) is 136 Å². The number of hydrogen-bond acceptors (Lipinski definition) is 3. The van der Waals surface area contributed by atoms with Gasteiger partial charge in [-0.05, 0) is 19.3 Å². The van der Waals surface area contributed by atoms with Crippen LogP contribution in [0, 0.1) is 0 Å². The van der Waals surface area contributed by atoms with Gasteiger partial charge in [0.1, 0.15) is 0 Å². The summed E-state index contributed by atoms with van der Waals surface area (Å²) >= 11 is 3.54.